The zero-order valence-corrected chi connectivity index (χ0v) is 10.4. The van der Waals surface area contributed by atoms with Crippen molar-refractivity contribution in [2.24, 2.45) is 4.36 Å². The Balaban J connectivity index is 2.11. The number of hydrogen-bond donors (Lipinski definition) is 1. The molecule has 0 saturated heterocycles. The molecule has 0 aromatic heterocycles. The number of fused-ring (bicyclic) bond motifs is 2. The molecule has 0 heterocycles. The molecule has 4 heteroatoms. The number of hydrogen-bond acceptors (Lipinski definition) is 2. The van der Waals surface area contributed by atoms with Gasteiger partial charge in [0.15, 0.2) is 0 Å². The van der Waals surface area contributed by atoms with Gasteiger partial charge in [-0.15, -0.1) is 4.36 Å². The molecule has 3 nitrogen and oxygen atoms in total. The van der Waals surface area contributed by atoms with Crippen LogP contribution in [-0.4, -0.2) is 6.03 Å². The lowest BCUT2D eigenvalue weighted by Crippen LogP contribution is -2.10. The van der Waals surface area contributed by atoms with Gasteiger partial charge in [-0.1, -0.05) is 6.07 Å². The van der Waals surface area contributed by atoms with E-state index in [0.29, 0.717) is 0 Å². The molecular formula is C13H14N2OS. The first-order chi connectivity index (χ1) is 8.29. The normalized spacial score (nSPS) is 16.5. The third-order valence-electron chi connectivity index (χ3n) is 3.79. The van der Waals surface area contributed by atoms with Crippen molar-refractivity contribution in [3.05, 3.63) is 28.3 Å². The van der Waals surface area contributed by atoms with Crippen molar-refractivity contribution in [1.82, 2.24) is 0 Å². The number of benzene rings is 1. The van der Waals surface area contributed by atoms with Gasteiger partial charge < -0.3 is 5.32 Å². The molecule has 0 unspecified atom stereocenters. The highest BCUT2D eigenvalue weighted by Gasteiger charge is 2.24. The largest absolute Gasteiger partial charge is 0.356 e. The lowest BCUT2D eigenvalue weighted by molar-refractivity contribution is 0.260. The van der Waals surface area contributed by atoms with Crippen molar-refractivity contribution in [2.45, 2.75) is 38.5 Å². The second-order valence-corrected chi connectivity index (χ2v) is 4.94. The lowest BCUT2D eigenvalue weighted by atomic mass is 9.99. The predicted molar refractivity (Wildman–Crippen MR) is 69.3 cm³/mol. The standard InChI is InChI=1S/C13H14N2OS/c16-13(15-17)14-12-10-5-1-3-8(10)7-9-4-2-6-11(9)12/h7H,1-6H2,(H,14,16). The minimum Gasteiger partial charge on any atom is -0.305 e. The molecular weight excluding hydrogens is 232 g/mol. The molecule has 0 atom stereocenters. The highest BCUT2D eigenvalue weighted by atomic mass is 32.1. The number of carbonyl (C=O) groups excluding carboxylic acids is 1. The molecule has 1 aromatic carbocycles. The monoisotopic (exact) mass is 246 g/mol. The average Bonchev–Trinajstić information content (AvgIpc) is 2.96. The maximum Gasteiger partial charge on any atom is 0.356 e. The molecule has 0 radical (unpaired) electrons. The SMILES string of the molecule is O=C(N=S)Nc1c2c(cc3c1CCC3)CCC2. The number of aryl methyl sites for hydroxylation is 2. The summed E-state index contributed by atoms with van der Waals surface area (Å²) in [6.07, 6.45) is 6.77. The zero-order valence-electron chi connectivity index (χ0n) is 9.58. The number of anilines is 1. The van der Waals surface area contributed by atoms with Gasteiger partial charge in [0.1, 0.15) is 0 Å². The highest BCUT2D eigenvalue weighted by molar-refractivity contribution is 7.47. The maximum absolute atomic E-state index is 11.4. The summed E-state index contributed by atoms with van der Waals surface area (Å²) in [5.74, 6) is 0. The van der Waals surface area contributed by atoms with Gasteiger partial charge in [0, 0.05) is 18.1 Å². The molecule has 17 heavy (non-hydrogen) atoms. The lowest BCUT2D eigenvalue weighted by Gasteiger charge is -2.14. The number of urea groups is 1. The van der Waals surface area contributed by atoms with Crippen molar-refractivity contribution in [3.63, 3.8) is 0 Å². The smallest absolute Gasteiger partial charge is 0.305 e. The first-order valence-electron chi connectivity index (χ1n) is 6.10. The average molecular weight is 246 g/mol. The summed E-state index contributed by atoms with van der Waals surface area (Å²) in [6.45, 7) is 0. The third-order valence-corrected chi connectivity index (χ3v) is 3.95. The van der Waals surface area contributed by atoms with Gasteiger partial charge in [-0.25, -0.2) is 4.79 Å². The summed E-state index contributed by atoms with van der Waals surface area (Å²) >= 11 is 4.44. The Morgan fingerprint density at radius 2 is 1.71 bits per heavy atom. The van der Waals surface area contributed by atoms with Gasteiger partial charge in [0.05, 0.1) is 0 Å². The van der Waals surface area contributed by atoms with Crippen molar-refractivity contribution in [2.75, 3.05) is 5.32 Å². The quantitative estimate of drug-likeness (QED) is 0.827. The van der Waals surface area contributed by atoms with Crippen LogP contribution in [0.2, 0.25) is 0 Å². The van der Waals surface area contributed by atoms with Crippen LogP contribution in [0.3, 0.4) is 0 Å². The molecule has 1 N–H and O–H groups in total. The van der Waals surface area contributed by atoms with Gasteiger partial charge in [0.2, 0.25) is 0 Å². The fourth-order valence-electron chi connectivity index (χ4n) is 3.10. The van der Waals surface area contributed by atoms with Crippen LogP contribution >= 0.6 is 0 Å². The van der Waals surface area contributed by atoms with E-state index in [1.807, 2.05) is 0 Å². The number of nitrogens with zero attached hydrogens (tertiary/aromatic N) is 1. The van der Waals surface area contributed by atoms with Crippen LogP contribution in [0.15, 0.2) is 10.4 Å². The first-order valence-corrected chi connectivity index (χ1v) is 6.47. The molecule has 2 aliphatic carbocycles. The Labute approximate surface area is 106 Å². The van der Waals surface area contributed by atoms with Gasteiger partial charge in [-0.3, -0.25) is 0 Å². The van der Waals surface area contributed by atoms with E-state index in [1.165, 1.54) is 35.1 Å². The minimum absolute atomic E-state index is 0.408. The fourth-order valence-corrected chi connectivity index (χ4v) is 3.14. The molecule has 0 fully saturated rings. The van der Waals surface area contributed by atoms with Gasteiger partial charge in [-0.05, 0) is 60.8 Å². The summed E-state index contributed by atoms with van der Waals surface area (Å²) < 4.78 is 3.27. The predicted octanol–water partition coefficient (Wildman–Crippen LogP) is 2.93. The molecule has 88 valence electrons. The van der Waals surface area contributed by atoms with E-state index in [1.54, 1.807) is 0 Å². The number of rotatable bonds is 1. The molecule has 0 saturated carbocycles. The molecule has 2 aliphatic rings. The maximum atomic E-state index is 11.4. The van der Waals surface area contributed by atoms with E-state index in [4.69, 9.17) is 0 Å². The van der Waals surface area contributed by atoms with Crippen molar-refractivity contribution >= 4 is 24.1 Å². The number of carbonyl (C=O) groups is 1. The Hall–Kier alpha value is -1.29. The summed E-state index contributed by atoms with van der Waals surface area (Å²) in [4.78, 5) is 11.4. The van der Waals surface area contributed by atoms with Crippen LogP contribution in [-0.2, 0) is 38.1 Å². The Bertz CT molecular complexity index is 478. The summed E-state index contributed by atoms with van der Waals surface area (Å²) in [5.41, 5.74) is 6.47. The van der Waals surface area contributed by atoms with Crippen LogP contribution in [0.4, 0.5) is 10.5 Å². The summed E-state index contributed by atoms with van der Waals surface area (Å²) in [7, 11) is 0. The molecule has 0 spiro atoms. The van der Waals surface area contributed by atoms with E-state index in [2.05, 4.69) is 28.2 Å². The van der Waals surface area contributed by atoms with Crippen molar-refractivity contribution < 1.29 is 4.79 Å². The van der Waals surface area contributed by atoms with E-state index in [-0.39, 0.29) is 0 Å². The first kappa shape index (κ1) is 10.8. The van der Waals surface area contributed by atoms with E-state index < -0.39 is 6.03 Å². The van der Waals surface area contributed by atoms with Crippen LogP contribution < -0.4 is 5.32 Å². The zero-order chi connectivity index (χ0) is 11.8. The fraction of sp³-hybridized carbons (Fsp3) is 0.462. The highest BCUT2D eigenvalue weighted by Crippen LogP contribution is 2.38. The van der Waals surface area contributed by atoms with Crippen LogP contribution in [0, 0.1) is 0 Å². The van der Waals surface area contributed by atoms with Crippen LogP contribution in [0.1, 0.15) is 35.1 Å². The number of amides is 2. The van der Waals surface area contributed by atoms with Gasteiger partial charge >= 0.3 is 6.03 Å². The summed E-state index contributed by atoms with van der Waals surface area (Å²) in [5, 5.41) is 2.88. The molecule has 3 rings (SSSR count). The van der Waals surface area contributed by atoms with Crippen LogP contribution in [0.5, 0.6) is 0 Å². The third kappa shape index (κ3) is 1.76. The molecule has 0 aliphatic heterocycles. The van der Waals surface area contributed by atoms with Gasteiger partial charge in [-0.2, -0.15) is 0 Å². The Morgan fingerprint density at radius 3 is 2.24 bits per heavy atom. The Morgan fingerprint density at radius 1 is 1.12 bits per heavy atom. The van der Waals surface area contributed by atoms with E-state index in [0.717, 1.165) is 31.4 Å². The van der Waals surface area contributed by atoms with Crippen LogP contribution in [0.25, 0.3) is 0 Å². The second kappa shape index (κ2) is 4.18. The van der Waals surface area contributed by atoms with Crippen molar-refractivity contribution in [1.29, 1.82) is 0 Å². The molecule has 0 bridgehead atoms. The van der Waals surface area contributed by atoms with E-state index >= 15 is 0 Å². The minimum atomic E-state index is -0.408. The number of nitrogens with one attached hydrogen (secondary N) is 1. The van der Waals surface area contributed by atoms with E-state index in [9.17, 15) is 4.79 Å². The van der Waals surface area contributed by atoms with Crippen molar-refractivity contribution in [3.8, 4) is 0 Å². The Kier molecular flexibility index (Phi) is 2.67. The summed E-state index contributed by atoms with van der Waals surface area (Å²) in [6, 6.07) is 1.93. The van der Waals surface area contributed by atoms with Gasteiger partial charge in [0.25, 0.3) is 0 Å². The topological polar surface area (TPSA) is 41.5 Å². The molecule has 1 aromatic rings. The second-order valence-electron chi connectivity index (χ2n) is 4.76. The molecule has 2 amide bonds.